The van der Waals surface area contributed by atoms with Gasteiger partial charge in [0.05, 0.1) is 23.5 Å². The maximum absolute atomic E-state index is 13.8. The Bertz CT molecular complexity index is 1110. The molecule has 0 radical (unpaired) electrons. The number of anilines is 2. The van der Waals surface area contributed by atoms with E-state index in [0.717, 1.165) is 10.9 Å². The van der Waals surface area contributed by atoms with Crippen molar-refractivity contribution in [2.45, 2.75) is 13.3 Å². The molecule has 3 aromatic rings. The summed E-state index contributed by atoms with van der Waals surface area (Å²) >= 11 is 4.78. The number of amides is 1. The van der Waals surface area contributed by atoms with Crippen molar-refractivity contribution >= 4 is 46.4 Å². The first kappa shape index (κ1) is 19.1. The van der Waals surface area contributed by atoms with Crippen molar-refractivity contribution in [3.05, 3.63) is 48.0 Å². The molecule has 1 atom stereocenters. The average molecular weight is 411 g/mol. The molecule has 29 heavy (non-hydrogen) atoms. The van der Waals surface area contributed by atoms with E-state index < -0.39 is 5.82 Å². The number of rotatable bonds is 6. The summed E-state index contributed by atoms with van der Waals surface area (Å²) < 4.78 is 23.5. The number of hydrogen-bond donors (Lipinski definition) is 2. The van der Waals surface area contributed by atoms with E-state index in [1.54, 1.807) is 12.1 Å². The second kappa shape index (κ2) is 8.04. The minimum Gasteiger partial charge on any atom is -0.491 e. The predicted octanol–water partition coefficient (Wildman–Crippen LogP) is 3.70. The summed E-state index contributed by atoms with van der Waals surface area (Å²) in [5.41, 5.74) is 2.83. The Hall–Kier alpha value is -3.20. The third kappa shape index (κ3) is 4.14. The van der Waals surface area contributed by atoms with Gasteiger partial charge in [-0.25, -0.2) is 14.4 Å². The van der Waals surface area contributed by atoms with E-state index in [1.165, 1.54) is 18.5 Å². The highest BCUT2D eigenvalue weighted by atomic mass is 32.1. The fourth-order valence-corrected chi connectivity index (χ4v) is 3.46. The lowest BCUT2D eigenvalue weighted by atomic mass is 10.1. The van der Waals surface area contributed by atoms with Gasteiger partial charge >= 0.3 is 0 Å². The van der Waals surface area contributed by atoms with Gasteiger partial charge < -0.3 is 15.4 Å². The summed E-state index contributed by atoms with van der Waals surface area (Å²) in [7, 11) is 0. The molecule has 2 aromatic carbocycles. The first-order valence-electron chi connectivity index (χ1n) is 9.08. The Kier molecular flexibility index (Phi) is 5.30. The van der Waals surface area contributed by atoms with E-state index in [1.807, 2.05) is 13.0 Å². The summed E-state index contributed by atoms with van der Waals surface area (Å²) in [6, 6.07) is 7.90. The number of carbonyl (C=O) groups is 1. The topological polar surface area (TPSA) is 88.5 Å². The number of benzene rings is 2. The van der Waals surface area contributed by atoms with Gasteiger partial charge in [0.25, 0.3) is 0 Å². The molecule has 9 heteroatoms. The van der Waals surface area contributed by atoms with Crippen LogP contribution in [0.15, 0.2) is 41.0 Å². The number of nitrogens with one attached hydrogen (secondary N) is 2. The molecular formula is C20H18FN5O2S. The van der Waals surface area contributed by atoms with Crippen molar-refractivity contribution in [2.75, 3.05) is 18.5 Å². The summed E-state index contributed by atoms with van der Waals surface area (Å²) in [4.78, 5) is 20.0. The number of aromatic nitrogens is 2. The van der Waals surface area contributed by atoms with Crippen molar-refractivity contribution in [3.8, 4) is 5.75 Å². The molecular weight excluding hydrogens is 393 g/mol. The minimum atomic E-state index is -0.411. The first-order chi connectivity index (χ1) is 14.0. The number of halogens is 1. The predicted molar refractivity (Wildman–Crippen MR) is 110 cm³/mol. The van der Waals surface area contributed by atoms with E-state index in [4.69, 9.17) is 17.2 Å². The molecule has 1 aromatic heterocycles. The molecule has 1 unspecified atom stereocenters. The third-order valence-corrected chi connectivity index (χ3v) is 4.97. The van der Waals surface area contributed by atoms with E-state index in [-0.39, 0.29) is 11.8 Å². The zero-order valence-electron chi connectivity index (χ0n) is 15.6. The number of aryl methyl sites for hydroxylation is 1. The van der Waals surface area contributed by atoms with Crippen LogP contribution in [0.1, 0.15) is 12.0 Å². The SMILES string of the molecule is Cc1cc(N=S)cc2ncnc(Nc3ccc(F)cc3OCC3CNC(=O)C3)c12. The van der Waals surface area contributed by atoms with Gasteiger partial charge in [-0.15, -0.1) is 0 Å². The number of fused-ring (bicyclic) bond motifs is 1. The molecule has 4 rings (SSSR count). The Morgan fingerprint density at radius 3 is 2.97 bits per heavy atom. The number of carbonyl (C=O) groups excluding carboxylic acids is 1. The summed E-state index contributed by atoms with van der Waals surface area (Å²) in [5, 5.41) is 6.81. The lowest BCUT2D eigenvalue weighted by Crippen LogP contribution is -2.17. The molecule has 1 aliphatic rings. The highest BCUT2D eigenvalue weighted by Gasteiger charge is 2.22. The van der Waals surface area contributed by atoms with E-state index in [0.29, 0.717) is 48.0 Å². The fourth-order valence-electron chi connectivity index (χ4n) is 3.36. The van der Waals surface area contributed by atoms with Crippen LogP contribution in [0.5, 0.6) is 5.75 Å². The monoisotopic (exact) mass is 411 g/mol. The van der Waals surface area contributed by atoms with Crippen LogP contribution in [0.3, 0.4) is 0 Å². The molecule has 0 saturated carbocycles. The van der Waals surface area contributed by atoms with Gasteiger partial charge in [-0.2, -0.15) is 4.36 Å². The lowest BCUT2D eigenvalue weighted by Gasteiger charge is -2.16. The van der Waals surface area contributed by atoms with Crippen LogP contribution in [0.4, 0.5) is 21.6 Å². The second-order valence-corrected chi connectivity index (χ2v) is 7.10. The van der Waals surface area contributed by atoms with Crippen molar-refractivity contribution < 1.29 is 13.9 Å². The average Bonchev–Trinajstić information content (AvgIpc) is 3.13. The fraction of sp³-hybridized carbons (Fsp3) is 0.250. The first-order valence-corrected chi connectivity index (χ1v) is 9.45. The number of nitrogens with zero attached hydrogens (tertiary/aromatic N) is 3. The maximum atomic E-state index is 13.8. The molecule has 2 N–H and O–H groups in total. The zero-order valence-corrected chi connectivity index (χ0v) is 16.4. The maximum Gasteiger partial charge on any atom is 0.220 e. The molecule has 1 amide bonds. The smallest absolute Gasteiger partial charge is 0.220 e. The Labute approximate surface area is 171 Å². The van der Waals surface area contributed by atoms with Gasteiger partial charge in [-0.05, 0) is 36.8 Å². The summed E-state index contributed by atoms with van der Waals surface area (Å²) in [5.74, 6) is 0.570. The standard InChI is InChI=1S/C20H18FN5O2S/c1-11-4-14(26-29)7-16-19(11)20(24-10-23-16)25-15-3-2-13(21)6-17(15)28-9-12-5-18(27)22-8-12/h2-4,6-7,10,12H,5,8-9H2,1H3,(H,22,27)(H,23,24,25). The van der Waals surface area contributed by atoms with Crippen LogP contribution < -0.4 is 15.4 Å². The molecule has 1 fully saturated rings. The van der Waals surface area contributed by atoms with Crippen LogP contribution in [0, 0.1) is 18.7 Å². The van der Waals surface area contributed by atoms with Gasteiger partial charge in [-0.1, -0.05) is 0 Å². The van der Waals surface area contributed by atoms with Crippen LogP contribution in [-0.2, 0) is 17.2 Å². The van der Waals surface area contributed by atoms with Crippen molar-refractivity contribution in [2.24, 2.45) is 10.3 Å². The molecule has 7 nitrogen and oxygen atoms in total. The van der Waals surface area contributed by atoms with Gasteiger partial charge in [0.15, 0.2) is 0 Å². The minimum absolute atomic E-state index is 0.00399. The molecule has 0 aliphatic carbocycles. The third-order valence-electron chi connectivity index (χ3n) is 4.76. The van der Waals surface area contributed by atoms with Gasteiger partial charge in [0.1, 0.15) is 23.7 Å². The molecule has 0 bridgehead atoms. The van der Waals surface area contributed by atoms with E-state index >= 15 is 0 Å². The van der Waals surface area contributed by atoms with Crippen LogP contribution >= 0.6 is 0 Å². The molecule has 1 aliphatic heterocycles. The number of ether oxygens (including phenoxy) is 1. The van der Waals surface area contributed by atoms with Crippen LogP contribution in [0.2, 0.25) is 0 Å². The van der Waals surface area contributed by atoms with Crippen LogP contribution in [-0.4, -0.2) is 29.0 Å². The molecule has 0 spiro atoms. The summed E-state index contributed by atoms with van der Waals surface area (Å²) in [6.45, 7) is 2.79. The van der Waals surface area contributed by atoms with Gasteiger partial charge in [0, 0.05) is 42.8 Å². The molecule has 1 saturated heterocycles. The summed E-state index contributed by atoms with van der Waals surface area (Å²) in [6.07, 6.45) is 1.85. The van der Waals surface area contributed by atoms with Gasteiger partial charge in [0.2, 0.25) is 5.91 Å². The van der Waals surface area contributed by atoms with E-state index in [2.05, 4.69) is 25.0 Å². The van der Waals surface area contributed by atoms with Gasteiger partial charge in [-0.3, -0.25) is 4.79 Å². The largest absolute Gasteiger partial charge is 0.491 e. The normalized spacial score (nSPS) is 15.9. The second-order valence-electron chi connectivity index (χ2n) is 6.92. The number of hydrogen-bond acceptors (Lipinski definition) is 7. The molecule has 2 heterocycles. The highest BCUT2D eigenvalue weighted by molar-refractivity contribution is 7.47. The quantitative estimate of drug-likeness (QED) is 0.643. The van der Waals surface area contributed by atoms with Crippen LogP contribution in [0.25, 0.3) is 10.9 Å². The zero-order chi connectivity index (χ0) is 20.4. The lowest BCUT2D eigenvalue weighted by molar-refractivity contribution is -0.119. The molecule has 148 valence electrons. The van der Waals surface area contributed by atoms with Crippen molar-refractivity contribution in [3.63, 3.8) is 0 Å². The Morgan fingerprint density at radius 2 is 2.21 bits per heavy atom. The van der Waals surface area contributed by atoms with E-state index in [9.17, 15) is 9.18 Å². The van der Waals surface area contributed by atoms with Crippen molar-refractivity contribution in [1.29, 1.82) is 0 Å². The Balaban J connectivity index is 1.64. The Morgan fingerprint density at radius 1 is 1.34 bits per heavy atom. The highest BCUT2D eigenvalue weighted by Crippen LogP contribution is 2.33. The van der Waals surface area contributed by atoms with Crippen molar-refractivity contribution in [1.82, 2.24) is 15.3 Å².